The van der Waals surface area contributed by atoms with Crippen LogP contribution in [0.1, 0.15) is 37.4 Å². The molecule has 0 bridgehead atoms. The maximum Gasteiger partial charge on any atom is 0.107 e. The SMILES string of the molecule is CCNCc1nc(CN(C)C2CCN(CC)CC2)cs1. The highest BCUT2D eigenvalue weighted by molar-refractivity contribution is 7.09. The minimum Gasteiger partial charge on any atom is -0.311 e. The third-order valence-electron chi connectivity index (χ3n) is 4.16. The highest BCUT2D eigenvalue weighted by Crippen LogP contribution is 2.18. The molecular formula is C15H28N4S. The summed E-state index contributed by atoms with van der Waals surface area (Å²) < 4.78 is 0. The van der Waals surface area contributed by atoms with Crippen molar-refractivity contribution in [3.8, 4) is 0 Å². The Balaban J connectivity index is 1.79. The molecule has 0 unspecified atom stereocenters. The van der Waals surface area contributed by atoms with Crippen molar-refractivity contribution in [1.82, 2.24) is 20.1 Å². The van der Waals surface area contributed by atoms with E-state index in [9.17, 15) is 0 Å². The molecule has 5 heteroatoms. The predicted molar refractivity (Wildman–Crippen MR) is 86.1 cm³/mol. The molecule has 1 saturated heterocycles. The highest BCUT2D eigenvalue weighted by atomic mass is 32.1. The summed E-state index contributed by atoms with van der Waals surface area (Å²) in [6.07, 6.45) is 2.58. The van der Waals surface area contributed by atoms with Crippen LogP contribution in [0.5, 0.6) is 0 Å². The maximum atomic E-state index is 4.72. The van der Waals surface area contributed by atoms with Gasteiger partial charge in [0.05, 0.1) is 5.69 Å². The molecule has 114 valence electrons. The second kappa shape index (κ2) is 8.08. The van der Waals surface area contributed by atoms with Crippen LogP contribution in [-0.4, -0.2) is 54.1 Å². The fourth-order valence-electron chi connectivity index (χ4n) is 2.80. The lowest BCUT2D eigenvalue weighted by Crippen LogP contribution is -2.42. The Hall–Kier alpha value is -0.490. The zero-order chi connectivity index (χ0) is 14.4. The molecule has 0 amide bonds. The molecule has 20 heavy (non-hydrogen) atoms. The fraction of sp³-hybridized carbons (Fsp3) is 0.800. The van der Waals surface area contributed by atoms with Gasteiger partial charge >= 0.3 is 0 Å². The van der Waals surface area contributed by atoms with Crippen LogP contribution in [0.3, 0.4) is 0 Å². The van der Waals surface area contributed by atoms with Gasteiger partial charge in [-0.2, -0.15) is 0 Å². The summed E-state index contributed by atoms with van der Waals surface area (Å²) in [7, 11) is 2.25. The second-order valence-corrected chi connectivity index (χ2v) is 6.54. The van der Waals surface area contributed by atoms with E-state index in [1.54, 1.807) is 11.3 Å². The molecule has 1 N–H and O–H groups in total. The lowest BCUT2D eigenvalue weighted by atomic mass is 10.0. The molecule has 1 aliphatic rings. The zero-order valence-corrected chi connectivity index (χ0v) is 13.9. The van der Waals surface area contributed by atoms with Gasteiger partial charge in [-0.05, 0) is 46.1 Å². The van der Waals surface area contributed by atoms with Crippen molar-refractivity contribution in [2.45, 2.75) is 45.8 Å². The summed E-state index contributed by atoms with van der Waals surface area (Å²) in [5.74, 6) is 0. The first-order chi connectivity index (χ1) is 9.72. The number of nitrogens with one attached hydrogen (secondary N) is 1. The number of hydrogen-bond donors (Lipinski definition) is 1. The summed E-state index contributed by atoms with van der Waals surface area (Å²) in [5, 5.41) is 6.75. The molecule has 0 saturated carbocycles. The molecule has 0 radical (unpaired) electrons. The van der Waals surface area contributed by atoms with Crippen LogP contribution in [0.2, 0.25) is 0 Å². The van der Waals surface area contributed by atoms with Crippen molar-refractivity contribution < 1.29 is 0 Å². The largest absolute Gasteiger partial charge is 0.311 e. The van der Waals surface area contributed by atoms with Gasteiger partial charge in [-0.3, -0.25) is 4.90 Å². The molecule has 4 nitrogen and oxygen atoms in total. The Kier molecular flexibility index (Phi) is 6.42. The molecule has 2 heterocycles. The van der Waals surface area contributed by atoms with Crippen LogP contribution in [-0.2, 0) is 13.1 Å². The normalized spacial score (nSPS) is 18.0. The Morgan fingerprint density at radius 1 is 1.40 bits per heavy atom. The minimum atomic E-state index is 0.719. The molecule has 1 aromatic rings. The first kappa shape index (κ1) is 15.9. The molecule has 0 atom stereocenters. The third kappa shape index (κ3) is 4.52. The van der Waals surface area contributed by atoms with Crippen LogP contribution in [0.4, 0.5) is 0 Å². The predicted octanol–water partition coefficient (Wildman–Crippen LogP) is 2.17. The average Bonchev–Trinajstić information content (AvgIpc) is 2.92. The van der Waals surface area contributed by atoms with Crippen molar-refractivity contribution in [2.24, 2.45) is 0 Å². The topological polar surface area (TPSA) is 31.4 Å². The van der Waals surface area contributed by atoms with Crippen molar-refractivity contribution >= 4 is 11.3 Å². The van der Waals surface area contributed by atoms with E-state index in [2.05, 4.69) is 41.4 Å². The summed E-state index contributed by atoms with van der Waals surface area (Å²) >= 11 is 1.77. The van der Waals surface area contributed by atoms with Crippen LogP contribution < -0.4 is 5.32 Å². The lowest BCUT2D eigenvalue weighted by molar-refractivity contribution is 0.126. The molecule has 0 aromatic carbocycles. The molecule has 0 aliphatic carbocycles. The summed E-state index contributed by atoms with van der Waals surface area (Å²) in [6, 6.07) is 0.719. The van der Waals surface area contributed by atoms with E-state index in [1.165, 1.54) is 43.2 Å². The molecule has 0 spiro atoms. The second-order valence-electron chi connectivity index (χ2n) is 5.59. The monoisotopic (exact) mass is 296 g/mol. The summed E-state index contributed by atoms with van der Waals surface area (Å²) in [6.45, 7) is 11.0. The first-order valence-electron chi connectivity index (χ1n) is 7.79. The maximum absolute atomic E-state index is 4.72. The van der Waals surface area contributed by atoms with Gasteiger partial charge in [-0.25, -0.2) is 4.98 Å². The van der Waals surface area contributed by atoms with Gasteiger partial charge < -0.3 is 10.2 Å². The summed E-state index contributed by atoms with van der Waals surface area (Å²) in [4.78, 5) is 9.75. The van der Waals surface area contributed by atoms with Crippen LogP contribution >= 0.6 is 11.3 Å². The van der Waals surface area contributed by atoms with Crippen LogP contribution in [0, 0.1) is 0 Å². The van der Waals surface area contributed by atoms with Crippen LogP contribution in [0.15, 0.2) is 5.38 Å². The van der Waals surface area contributed by atoms with Crippen molar-refractivity contribution in [2.75, 3.05) is 33.2 Å². The molecular weight excluding hydrogens is 268 g/mol. The molecule has 1 fully saturated rings. The number of nitrogens with zero attached hydrogens (tertiary/aromatic N) is 3. The number of hydrogen-bond acceptors (Lipinski definition) is 5. The molecule has 2 rings (SSSR count). The number of rotatable bonds is 7. The van der Waals surface area contributed by atoms with Gasteiger partial charge in [0, 0.05) is 24.5 Å². The first-order valence-corrected chi connectivity index (χ1v) is 8.67. The fourth-order valence-corrected chi connectivity index (χ4v) is 3.55. The van der Waals surface area contributed by atoms with E-state index < -0.39 is 0 Å². The number of likely N-dealkylation sites (tertiary alicyclic amines) is 1. The zero-order valence-electron chi connectivity index (χ0n) is 13.1. The quantitative estimate of drug-likeness (QED) is 0.835. The molecule has 1 aliphatic heterocycles. The number of piperidine rings is 1. The van der Waals surface area contributed by atoms with E-state index in [-0.39, 0.29) is 0 Å². The number of aromatic nitrogens is 1. The van der Waals surface area contributed by atoms with Gasteiger partial charge in [0.15, 0.2) is 0 Å². The van der Waals surface area contributed by atoms with E-state index in [4.69, 9.17) is 4.98 Å². The smallest absolute Gasteiger partial charge is 0.107 e. The van der Waals surface area contributed by atoms with E-state index in [0.717, 1.165) is 25.7 Å². The Bertz CT molecular complexity index is 385. The van der Waals surface area contributed by atoms with Gasteiger partial charge in [-0.15, -0.1) is 11.3 Å². The standard InChI is InChI=1S/C15H28N4S/c1-4-16-10-15-17-13(12-20-15)11-18(3)14-6-8-19(5-2)9-7-14/h12,14,16H,4-11H2,1-3H3. The van der Waals surface area contributed by atoms with Gasteiger partial charge in [0.1, 0.15) is 5.01 Å². The van der Waals surface area contributed by atoms with Gasteiger partial charge in [0.25, 0.3) is 0 Å². The minimum absolute atomic E-state index is 0.719. The van der Waals surface area contributed by atoms with E-state index in [1.807, 2.05) is 0 Å². The van der Waals surface area contributed by atoms with Crippen molar-refractivity contribution in [3.05, 3.63) is 16.1 Å². The molecule has 1 aromatic heterocycles. The Morgan fingerprint density at radius 3 is 2.80 bits per heavy atom. The van der Waals surface area contributed by atoms with E-state index >= 15 is 0 Å². The van der Waals surface area contributed by atoms with E-state index in [0.29, 0.717) is 0 Å². The highest BCUT2D eigenvalue weighted by Gasteiger charge is 2.21. The van der Waals surface area contributed by atoms with Gasteiger partial charge in [0.2, 0.25) is 0 Å². The van der Waals surface area contributed by atoms with Crippen molar-refractivity contribution in [3.63, 3.8) is 0 Å². The summed E-state index contributed by atoms with van der Waals surface area (Å²) in [5.41, 5.74) is 1.23. The Morgan fingerprint density at radius 2 is 2.15 bits per heavy atom. The van der Waals surface area contributed by atoms with Crippen molar-refractivity contribution in [1.29, 1.82) is 0 Å². The third-order valence-corrected chi connectivity index (χ3v) is 5.06. The average molecular weight is 296 g/mol. The van der Waals surface area contributed by atoms with Crippen LogP contribution in [0.25, 0.3) is 0 Å². The van der Waals surface area contributed by atoms with Gasteiger partial charge in [-0.1, -0.05) is 13.8 Å². The Labute approximate surface area is 127 Å². The lowest BCUT2D eigenvalue weighted by Gasteiger charge is -2.36. The number of thiazole rings is 1.